The van der Waals surface area contributed by atoms with Crippen molar-refractivity contribution in [3.05, 3.63) is 40.3 Å². The molecule has 2 aromatic rings. The minimum Gasteiger partial charge on any atom is -0.378 e. The van der Waals surface area contributed by atoms with Gasteiger partial charge in [-0.15, -0.1) is 0 Å². The van der Waals surface area contributed by atoms with Crippen molar-refractivity contribution >= 4 is 57.0 Å². The van der Waals surface area contributed by atoms with E-state index in [1.807, 2.05) is 18.2 Å². The minimum atomic E-state index is -0.146. The number of thiocarbonyl (C=S) groups is 1. The lowest BCUT2D eigenvalue weighted by molar-refractivity contribution is -0.115. The molecule has 0 saturated carbocycles. The van der Waals surface area contributed by atoms with E-state index in [0.29, 0.717) is 22.4 Å². The summed E-state index contributed by atoms with van der Waals surface area (Å²) in [5, 5.41) is 3.73. The van der Waals surface area contributed by atoms with Gasteiger partial charge in [-0.1, -0.05) is 42.2 Å². The van der Waals surface area contributed by atoms with E-state index in [1.54, 1.807) is 0 Å². The van der Waals surface area contributed by atoms with Crippen LogP contribution in [-0.2, 0) is 9.53 Å². The van der Waals surface area contributed by atoms with Crippen LogP contribution < -0.4 is 10.2 Å². The Balaban J connectivity index is 1.87. The van der Waals surface area contributed by atoms with Gasteiger partial charge in [-0.05, 0) is 24.6 Å². The molecule has 0 bridgehead atoms. The predicted octanol–water partition coefficient (Wildman–Crippen LogP) is 2.87. The molecule has 1 N–H and O–H groups in total. The number of rotatable bonds is 2. The molecule has 128 valence electrons. The zero-order valence-electron chi connectivity index (χ0n) is 13.7. The van der Waals surface area contributed by atoms with Crippen LogP contribution in [0.1, 0.15) is 11.1 Å². The molecule has 2 aliphatic heterocycles. The number of pyridine rings is 1. The number of para-hydroxylation sites is 1. The number of carbonyl (C=O) groups excluding carboxylic acids is 1. The number of hydrogen-bond donors (Lipinski definition) is 1. The van der Waals surface area contributed by atoms with Gasteiger partial charge in [0.25, 0.3) is 5.91 Å². The van der Waals surface area contributed by atoms with Crippen molar-refractivity contribution < 1.29 is 9.53 Å². The van der Waals surface area contributed by atoms with Gasteiger partial charge in [0.2, 0.25) is 0 Å². The van der Waals surface area contributed by atoms with Crippen molar-refractivity contribution in [2.75, 3.05) is 31.2 Å². The molecule has 4 rings (SSSR count). The number of carbonyl (C=O) groups is 1. The third kappa shape index (κ3) is 3.27. The molecular formula is C18H17N3O2S2. The molecule has 1 aromatic heterocycles. The van der Waals surface area contributed by atoms with Gasteiger partial charge in [0.1, 0.15) is 10.1 Å². The van der Waals surface area contributed by atoms with E-state index in [0.717, 1.165) is 40.9 Å². The topological polar surface area (TPSA) is 54.5 Å². The summed E-state index contributed by atoms with van der Waals surface area (Å²) in [6.07, 6.45) is 1.89. The number of nitrogens with one attached hydrogen (secondary N) is 1. The molecule has 5 nitrogen and oxygen atoms in total. The van der Waals surface area contributed by atoms with Crippen molar-refractivity contribution in [3.63, 3.8) is 0 Å². The standard InChI is InChI=1S/C18H17N3O2S2/c1-11-3-2-4-12-9-13(10-14-17(22)20-18(24)25-14)16(19-15(11)12)21-5-7-23-8-6-21/h2-4,9-10H,5-8H2,1H3,(H,20,22,24)/b14-10+. The highest BCUT2D eigenvalue weighted by Crippen LogP contribution is 2.32. The molecule has 25 heavy (non-hydrogen) atoms. The number of amides is 1. The Kier molecular flexibility index (Phi) is 4.45. The van der Waals surface area contributed by atoms with Crippen LogP contribution in [0.15, 0.2) is 29.2 Å². The molecule has 0 aliphatic carbocycles. The third-order valence-corrected chi connectivity index (χ3v) is 5.46. The van der Waals surface area contributed by atoms with Crippen LogP contribution in [-0.4, -0.2) is 41.5 Å². The number of hydrogen-bond acceptors (Lipinski definition) is 6. The summed E-state index contributed by atoms with van der Waals surface area (Å²) in [6, 6.07) is 8.24. The first-order valence-corrected chi connectivity index (χ1v) is 9.32. The van der Waals surface area contributed by atoms with E-state index in [2.05, 4.69) is 29.3 Å². The summed E-state index contributed by atoms with van der Waals surface area (Å²) in [5.74, 6) is 0.746. The summed E-state index contributed by atoms with van der Waals surface area (Å²) < 4.78 is 5.96. The normalized spacial score (nSPS) is 19.7. The highest BCUT2D eigenvalue weighted by Gasteiger charge is 2.24. The van der Waals surface area contributed by atoms with Crippen molar-refractivity contribution in [2.45, 2.75) is 6.92 Å². The largest absolute Gasteiger partial charge is 0.378 e. The van der Waals surface area contributed by atoms with Gasteiger partial charge >= 0.3 is 0 Å². The second-order valence-electron chi connectivity index (χ2n) is 6.00. The number of ether oxygens (including phenoxy) is 1. The summed E-state index contributed by atoms with van der Waals surface area (Å²) in [4.78, 5) is 19.8. The molecule has 7 heteroatoms. The van der Waals surface area contributed by atoms with Crippen LogP contribution in [0.3, 0.4) is 0 Å². The first-order chi connectivity index (χ1) is 12.1. The first kappa shape index (κ1) is 16.5. The van der Waals surface area contributed by atoms with Gasteiger partial charge < -0.3 is 15.0 Å². The Labute approximate surface area is 155 Å². The minimum absolute atomic E-state index is 0.146. The fraction of sp³-hybridized carbons (Fsp3) is 0.278. The van der Waals surface area contributed by atoms with E-state index >= 15 is 0 Å². The van der Waals surface area contributed by atoms with E-state index in [9.17, 15) is 4.79 Å². The Bertz CT molecular complexity index is 905. The van der Waals surface area contributed by atoms with Crippen molar-refractivity contribution in [1.29, 1.82) is 0 Å². The Morgan fingerprint density at radius 1 is 1.36 bits per heavy atom. The van der Waals surface area contributed by atoms with Crippen LogP contribution in [0.25, 0.3) is 17.0 Å². The zero-order chi connectivity index (χ0) is 17.4. The lowest BCUT2D eigenvalue weighted by Crippen LogP contribution is -2.37. The number of morpholine rings is 1. The fourth-order valence-electron chi connectivity index (χ4n) is 3.05. The fourth-order valence-corrected chi connectivity index (χ4v) is 4.09. The number of thioether (sulfide) groups is 1. The highest BCUT2D eigenvalue weighted by atomic mass is 32.2. The smallest absolute Gasteiger partial charge is 0.263 e. The van der Waals surface area contributed by atoms with Crippen molar-refractivity contribution in [3.8, 4) is 0 Å². The quantitative estimate of drug-likeness (QED) is 0.647. The van der Waals surface area contributed by atoms with Crippen LogP contribution in [0.5, 0.6) is 0 Å². The molecule has 0 unspecified atom stereocenters. The highest BCUT2D eigenvalue weighted by molar-refractivity contribution is 8.26. The van der Waals surface area contributed by atoms with Gasteiger partial charge in [0.15, 0.2) is 0 Å². The summed E-state index contributed by atoms with van der Waals surface area (Å²) in [5.41, 5.74) is 3.06. The van der Waals surface area contributed by atoms with Gasteiger partial charge in [-0.25, -0.2) is 4.98 Å². The molecule has 3 heterocycles. The number of benzene rings is 1. The van der Waals surface area contributed by atoms with Crippen molar-refractivity contribution in [2.24, 2.45) is 0 Å². The van der Waals surface area contributed by atoms with Crippen LogP contribution in [0.4, 0.5) is 5.82 Å². The number of anilines is 1. The maximum Gasteiger partial charge on any atom is 0.263 e. The van der Waals surface area contributed by atoms with Crippen LogP contribution in [0.2, 0.25) is 0 Å². The molecule has 0 atom stereocenters. The van der Waals surface area contributed by atoms with Crippen LogP contribution in [0, 0.1) is 6.92 Å². The Morgan fingerprint density at radius 2 is 2.16 bits per heavy atom. The second kappa shape index (κ2) is 6.74. The van der Waals surface area contributed by atoms with E-state index < -0.39 is 0 Å². The third-order valence-electron chi connectivity index (χ3n) is 4.30. The molecule has 0 spiro atoms. The van der Waals surface area contributed by atoms with Crippen LogP contribution >= 0.6 is 24.0 Å². The monoisotopic (exact) mass is 371 g/mol. The maximum atomic E-state index is 12.1. The predicted molar refractivity (Wildman–Crippen MR) is 106 cm³/mol. The van der Waals surface area contributed by atoms with Gasteiger partial charge in [-0.3, -0.25) is 4.79 Å². The average Bonchev–Trinajstić information content (AvgIpc) is 2.93. The van der Waals surface area contributed by atoms with Gasteiger partial charge in [0, 0.05) is 24.0 Å². The van der Waals surface area contributed by atoms with E-state index in [1.165, 1.54) is 11.8 Å². The lowest BCUT2D eigenvalue weighted by Gasteiger charge is -2.29. The Hall–Kier alpha value is -1.96. The average molecular weight is 371 g/mol. The van der Waals surface area contributed by atoms with Crippen molar-refractivity contribution in [1.82, 2.24) is 10.3 Å². The SMILES string of the molecule is Cc1cccc2cc(/C=C3/SC(=S)NC3=O)c(N3CCOCC3)nc12. The summed E-state index contributed by atoms with van der Waals surface area (Å²) in [6.45, 7) is 5.01. The van der Waals surface area contributed by atoms with E-state index in [4.69, 9.17) is 21.9 Å². The molecule has 2 aliphatic rings. The molecule has 1 aromatic carbocycles. The number of aromatic nitrogens is 1. The molecule has 2 saturated heterocycles. The number of fused-ring (bicyclic) bond motifs is 1. The second-order valence-corrected chi connectivity index (χ2v) is 7.72. The lowest BCUT2D eigenvalue weighted by atomic mass is 10.1. The Morgan fingerprint density at radius 3 is 2.88 bits per heavy atom. The van der Waals surface area contributed by atoms with Gasteiger partial charge in [-0.2, -0.15) is 0 Å². The van der Waals surface area contributed by atoms with Gasteiger partial charge in [0.05, 0.1) is 23.6 Å². The molecule has 2 fully saturated rings. The maximum absolute atomic E-state index is 12.1. The molecular weight excluding hydrogens is 354 g/mol. The zero-order valence-corrected chi connectivity index (χ0v) is 15.4. The number of nitrogens with zero attached hydrogens (tertiary/aromatic N) is 2. The summed E-state index contributed by atoms with van der Waals surface area (Å²) in [7, 11) is 0. The molecule has 0 radical (unpaired) electrons. The molecule has 1 amide bonds. The number of aryl methyl sites for hydroxylation is 1. The van der Waals surface area contributed by atoms with E-state index in [-0.39, 0.29) is 5.91 Å². The summed E-state index contributed by atoms with van der Waals surface area (Å²) >= 11 is 6.38. The first-order valence-electron chi connectivity index (χ1n) is 8.10.